The van der Waals surface area contributed by atoms with Crippen LogP contribution in [0.25, 0.3) is 0 Å². The first kappa shape index (κ1) is 13.7. The van der Waals surface area contributed by atoms with Gasteiger partial charge in [0.25, 0.3) is 0 Å². The summed E-state index contributed by atoms with van der Waals surface area (Å²) in [4.78, 5) is 1.51. The van der Waals surface area contributed by atoms with Crippen LogP contribution in [0, 0.1) is 11.3 Å². The Labute approximate surface area is 127 Å². The van der Waals surface area contributed by atoms with Gasteiger partial charge in [0, 0.05) is 16.9 Å². The molecule has 0 fully saturated rings. The lowest BCUT2D eigenvalue weighted by Gasteiger charge is -2.27. The Morgan fingerprint density at radius 3 is 2.38 bits per heavy atom. The summed E-state index contributed by atoms with van der Waals surface area (Å²) in [5.74, 6) is 0. The van der Waals surface area contributed by atoms with Gasteiger partial charge < -0.3 is 4.90 Å². The Morgan fingerprint density at radius 2 is 1.71 bits per heavy atom. The molecule has 6 heteroatoms. The van der Waals surface area contributed by atoms with Crippen LogP contribution >= 0.6 is 11.6 Å². The lowest BCUT2D eigenvalue weighted by Crippen LogP contribution is -2.21. The molecule has 2 aromatic carbocycles. The third kappa shape index (κ3) is 2.19. The van der Waals surface area contributed by atoms with E-state index in [1.807, 2.05) is 0 Å². The Morgan fingerprint density at radius 1 is 1.05 bits per heavy atom. The number of hydrogen-bond donors (Lipinski definition) is 0. The van der Waals surface area contributed by atoms with Crippen LogP contribution in [-0.2, 0) is 9.84 Å². The van der Waals surface area contributed by atoms with E-state index in [2.05, 4.69) is 0 Å². The van der Waals surface area contributed by atoms with E-state index in [0.29, 0.717) is 10.7 Å². The van der Waals surface area contributed by atoms with Crippen molar-refractivity contribution in [2.24, 2.45) is 0 Å². The number of nitrogens with zero attached hydrogens (tertiary/aromatic N) is 2. The monoisotopic (exact) mass is 316 g/mol. The minimum absolute atomic E-state index is 0.124. The van der Waals surface area contributed by atoms with Crippen molar-refractivity contribution in [2.75, 3.05) is 4.90 Å². The van der Waals surface area contributed by atoms with E-state index in [0.717, 1.165) is 5.69 Å². The third-order valence-electron chi connectivity index (χ3n) is 3.17. The molecule has 0 aliphatic carbocycles. The van der Waals surface area contributed by atoms with Gasteiger partial charge in [-0.1, -0.05) is 23.7 Å². The summed E-state index contributed by atoms with van der Waals surface area (Å²) in [6.07, 6.45) is 1.33. The van der Waals surface area contributed by atoms with Gasteiger partial charge in [0.1, 0.15) is 6.07 Å². The summed E-state index contributed by atoms with van der Waals surface area (Å²) in [5, 5.41) is 9.70. The van der Waals surface area contributed by atoms with Gasteiger partial charge in [-0.25, -0.2) is 8.42 Å². The lowest BCUT2D eigenvalue weighted by atomic mass is 10.2. The number of para-hydroxylation sites is 1. The van der Waals surface area contributed by atoms with E-state index in [1.54, 1.807) is 53.4 Å². The van der Waals surface area contributed by atoms with Crippen LogP contribution in [0.3, 0.4) is 0 Å². The number of hydrogen-bond acceptors (Lipinski definition) is 4. The molecule has 3 rings (SSSR count). The van der Waals surface area contributed by atoms with Crippen LogP contribution in [0.2, 0.25) is 5.02 Å². The third-order valence-corrected chi connectivity index (χ3v) is 5.12. The molecular formula is C15H9ClN2O2S. The molecule has 0 amide bonds. The van der Waals surface area contributed by atoms with Crippen molar-refractivity contribution in [1.82, 2.24) is 0 Å². The second-order valence-electron chi connectivity index (χ2n) is 4.42. The lowest BCUT2D eigenvalue weighted by molar-refractivity contribution is 0.602. The predicted molar refractivity (Wildman–Crippen MR) is 80.9 cm³/mol. The fourth-order valence-electron chi connectivity index (χ4n) is 2.16. The van der Waals surface area contributed by atoms with Crippen LogP contribution < -0.4 is 4.90 Å². The average molecular weight is 317 g/mol. The van der Waals surface area contributed by atoms with E-state index in [9.17, 15) is 8.42 Å². The molecule has 0 atom stereocenters. The number of fused-ring (bicyclic) bond motifs is 1. The molecule has 0 aromatic heterocycles. The summed E-state index contributed by atoms with van der Waals surface area (Å²) in [5.41, 5.74) is 1.24. The summed E-state index contributed by atoms with van der Waals surface area (Å²) >= 11 is 5.87. The molecular weight excluding hydrogens is 308 g/mol. The highest BCUT2D eigenvalue weighted by Crippen LogP contribution is 2.39. The number of allylic oxidation sites excluding steroid dienone is 1. The fraction of sp³-hybridized carbons (Fsp3) is 0. The first-order chi connectivity index (χ1) is 10.0. The molecule has 1 heterocycles. The Balaban J connectivity index is 2.26. The van der Waals surface area contributed by atoms with Gasteiger partial charge in [0.05, 0.1) is 10.6 Å². The number of benzene rings is 2. The van der Waals surface area contributed by atoms with E-state index in [-0.39, 0.29) is 9.80 Å². The van der Waals surface area contributed by atoms with Crippen molar-refractivity contribution in [2.45, 2.75) is 4.90 Å². The topological polar surface area (TPSA) is 61.2 Å². The molecule has 1 aliphatic rings. The molecule has 0 bridgehead atoms. The maximum Gasteiger partial charge on any atom is 0.220 e. The molecule has 0 radical (unpaired) electrons. The van der Waals surface area contributed by atoms with Gasteiger partial charge in [0.15, 0.2) is 4.91 Å². The number of nitriles is 1. The van der Waals surface area contributed by atoms with Crippen molar-refractivity contribution in [1.29, 1.82) is 5.26 Å². The van der Waals surface area contributed by atoms with Crippen molar-refractivity contribution in [3.8, 4) is 6.07 Å². The van der Waals surface area contributed by atoms with Crippen LogP contribution in [-0.4, -0.2) is 8.42 Å². The second-order valence-corrected chi connectivity index (χ2v) is 6.75. The highest BCUT2D eigenvalue weighted by atomic mass is 35.5. The van der Waals surface area contributed by atoms with Crippen molar-refractivity contribution in [3.63, 3.8) is 0 Å². The highest BCUT2D eigenvalue weighted by Gasteiger charge is 2.31. The molecule has 104 valence electrons. The Kier molecular flexibility index (Phi) is 3.20. The molecule has 21 heavy (non-hydrogen) atoms. The van der Waals surface area contributed by atoms with Crippen LogP contribution in [0.4, 0.5) is 11.4 Å². The first-order valence-electron chi connectivity index (χ1n) is 6.05. The molecule has 0 unspecified atom stereocenters. The molecule has 0 N–H and O–H groups in total. The predicted octanol–water partition coefficient (Wildman–Crippen LogP) is 3.63. The summed E-state index contributed by atoms with van der Waals surface area (Å²) in [7, 11) is -3.75. The minimum Gasteiger partial charge on any atom is -0.314 e. The van der Waals surface area contributed by atoms with Crippen molar-refractivity contribution < 1.29 is 8.42 Å². The van der Waals surface area contributed by atoms with Crippen LogP contribution in [0.15, 0.2) is 64.5 Å². The molecule has 2 aromatic rings. The van der Waals surface area contributed by atoms with Gasteiger partial charge in [-0.05, 0) is 36.4 Å². The van der Waals surface area contributed by atoms with E-state index < -0.39 is 9.84 Å². The summed E-state index contributed by atoms with van der Waals surface area (Å²) < 4.78 is 24.7. The van der Waals surface area contributed by atoms with Crippen molar-refractivity contribution in [3.05, 3.63) is 64.7 Å². The average Bonchev–Trinajstić information content (AvgIpc) is 2.49. The number of halogens is 1. The number of sulfone groups is 1. The quantitative estimate of drug-likeness (QED) is 0.806. The SMILES string of the molecule is N#CC1=CN(c2ccc(Cl)cc2)c2ccccc2S1(=O)=O. The second kappa shape index (κ2) is 4.92. The van der Waals surface area contributed by atoms with Gasteiger partial charge in [-0.3, -0.25) is 0 Å². The standard InChI is InChI=1S/C15H9ClN2O2S/c16-11-5-7-12(8-6-11)18-10-13(9-17)21(19,20)15-4-2-1-3-14(15)18/h1-8,10H. The van der Waals surface area contributed by atoms with Gasteiger partial charge in [-0.2, -0.15) is 5.26 Å². The van der Waals surface area contributed by atoms with Crippen LogP contribution in [0.1, 0.15) is 0 Å². The van der Waals surface area contributed by atoms with Gasteiger partial charge in [-0.15, -0.1) is 0 Å². The summed E-state index contributed by atoms with van der Waals surface area (Å²) in [6, 6.07) is 15.3. The summed E-state index contributed by atoms with van der Waals surface area (Å²) in [6.45, 7) is 0. The molecule has 0 saturated heterocycles. The molecule has 1 aliphatic heterocycles. The van der Waals surface area contributed by atoms with Crippen molar-refractivity contribution >= 4 is 32.8 Å². The van der Waals surface area contributed by atoms with Gasteiger partial charge >= 0.3 is 0 Å². The smallest absolute Gasteiger partial charge is 0.220 e. The zero-order valence-electron chi connectivity index (χ0n) is 10.7. The highest BCUT2D eigenvalue weighted by molar-refractivity contribution is 7.95. The minimum atomic E-state index is -3.75. The largest absolute Gasteiger partial charge is 0.314 e. The normalized spacial score (nSPS) is 15.8. The number of anilines is 2. The maximum atomic E-state index is 12.3. The fourth-order valence-corrected chi connectivity index (χ4v) is 3.59. The molecule has 0 spiro atoms. The molecule has 4 nitrogen and oxygen atoms in total. The zero-order valence-corrected chi connectivity index (χ0v) is 12.3. The first-order valence-corrected chi connectivity index (χ1v) is 7.91. The van der Waals surface area contributed by atoms with E-state index in [4.69, 9.17) is 16.9 Å². The van der Waals surface area contributed by atoms with Crippen LogP contribution in [0.5, 0.6) is 0 Å². The zero-order chi connectivity index (χ0) is 15.0. The Hall–Kier alpha value is -2.29. The van der Waals surface area contributed by atoms with E-state index in [1.165, 1.54) is 12.3 Å². The van der Waals surface area contributed by atoms with E-state index >= 15 is 0 Å². The number of rotatable bonds is 1. The molecule has 0 saturated carbocycles. The van der Waals surface area contributed by atoms with Gasteiger partial charge in [0.2, 0.25) is 9.84 Å². The Bertz CT molecular complexity index is 881. The maximum absolute atomic E-state index is 12.3.